The topological polar surface area (TPSA) is 137 Å². The summed E-state index contributed by atoms with van der Waals surface area (Å²) in [6.45, 7) is 4.29. The van der Waals surface area contributed by atoms with Gasteiger partial charge in [-0.15, -0.1) is 0 Å². The number of nitrogens with one attached hydrogen (secondary N) is 1. The number of aromatic nitrogens is 1. The SMILES string of the molecule is CN1CCN(CC(=O)N(C)c2ccc(N=C(c3ccc4c(c3)OOC4)c3c(O)[nH]c4cc([N+](=O)[O-])ccc34)cc2)CC1. The molecule has 0 saturated carbocycles. The van der Waals surface area contributed by atoms with Crippen LogP contribution in [0.4, 0.5) is 17.1 Å². The molecular weight excluding hydrogens is 540 g/mol. The fourth-order valence-corrected chi connectivity index (χ4v) is 5.17. The average molecular weight is 571 g/mol. The van der Waals surface area contributed by atoms with E-state index < -0.39 is 4.92 Å². The zero-order valence-electron chi connectivity index (χ0n) is 23.2. The fourth-order valence-electron chi connectivity index (χ4n) is 5.17. The Morgan fingerprint density at radius 2 is 1.86 bits per heavy atom. The first kappa shape index (κ1) is 27.4. The number of non-ortho nitro benzene ring substituents is 1. The van der Waals surface area contributed by atoms with Crippen LogP contribution in [0.25, 0.3) is 10.9 Å². The number of likely N-dealkylation sites (N-methyl/N-ethyl adjacent to an activating group) is 2. The Bertz CT molecular complexity index is 1690. The number of nitro benzene ring substituents is 1. The smallest absolute Gasteiger partial charge is 0.271 e. The van der Waals surface area contributed by atoms with Crippen LogP contribution >= 0.6 is 0 Å². The Hall–Kier alpha value is -4.78. The number of piperazine rings is 1. The van der Waals surface area contributed by atoms with Crippen molar-refractivity contribution >= 4 is 39.6 Å². The molecule has 1 fully saturated rings. The largest absolute Gasteiger partial charge is 0.494 e. The molecule has 2 aliphatic rings. The van der Waals surface area contributed by atoms with Crippen molar-refractivity contribution in [3.05, 3.63) is 87.5 Å². The summed E-state index contributed by atoms with van der Waals surface area (Å²) in [5.74, 6) is 0.383. The van der Waals surface area contributed by atoms with Crippen molar-refractivity contribution in [2.75, 3.05) is 51.7 Å². The van der Waals surface area contributed by atoms with E-state index in [1.54, 1.807) is 36.2 Å². The van der Waals surface area contributed by atoms with Crippen molar-refractivity contribution < 1.29 is 24.6 Å². The minimum absolute atomic E-state index is 0.00895. The monoisotopic (exact) mass is 570 g/mol. The van der Waals surface area contributed by atoms with Gasteiger partial charge in [-0.25, -0.2) is 4.99 Å². The van der Waals surface area contributed by atoms with Gasteiger partial charge in [0.25, 0.3) is 5.69 Å². The van der Waals surface area contributed by atoms with Gasteiger partial charge < -0.3 is 24.8 Å². The normalized spacial score (nSPS) is 15.9. The maximum atomic E-state index is 13.0. The van der Waals surface area contributed by atoms with Crippen molar-refractivity contribution in [2.24, 2.45) is 4.99 Å². The number of carbonyl (C=O) groups is 1. The molecule has 2 N–H and O–H groups in total. The molecule has 3 aromatic carbocycles. The molecule has 3 heterocycles. The standard InChI is InChI=1S/C30H30N6O6/c1-33-11-13-35(14-12-33)17-27(37)34(2)22-7-5-21(6-8-22)31-29(19-3-4-20-18-41-42-26(20)15-19)28-24-10-9-23(36(39)40)16-25(24)32-30(28)38/h3-10,15-16,32,38H,11-14,17-18H2,1-2H3. The van der Waals surface area contributed by atoms with Crippen LogP contribution in [0.2, 0.25) is 0 Å². The van der Waals surface area contributed by atoms with Crippen LogP contribution in [0.3, 0.4) is 0 Å². The summed E-state index contributed by atoms with van der Waals surface area (Å²) in [6.07, 6.45) is 0. The predicted molar refractivity (Wildman–Crippen MR) is 158 cm³/mol. The van der Waals surface area contributed by atoms with Gasteiger partial charge in [-0.2, -0.15) is 4.89 Å². The van der Waals surface area contributed by atoms with Gasteiger partial charge in [0.15, 0.2) is 11.6 Å². The summed E-state index contributed by atoms with van der Waals surface area (Å²) in [5.41, 5.74) is 3.98. The number of nitrogens with zero attached hydrogens (tertiary/aromatic N) is 5. The lowest BCUT2D eigenvalue weighted by atomic mass is 9.99. The lowest BCUT2D eigenvalue weighted by Gasteiger charge is -2.32. The van der Waals surface area contributed by atoms with Gasteiger partial charge in [0.1, 0.15) is 6.61 Å². The summed E-state index contributed by atoms with van der Waals surface area (Å²) >= 11 is 0. The molecule has 1 saturated heterocycles. The van der Waals surface area contributed by atoms with Crippen LogP contribution < -0.4 is 9.79 Å². The molecule has 12 heteroatoms. The molecule has 0 aliphatic carbocycles. The highest BCUT2D eigenvalue weighted by molar-refractivity contribution is 6.22. The van der Waals surface area contributed by atoms with E-state index in [2.05, 4.69) is 21.8 Å². The molecule has 6 rings (SSSR count). The van der Waals surface area contributed by atoms with Crippen molar-refractivity contribution in [1.29, 1.82) is 0 Å². The quantitative estimate of drug-likeness (QED) is 0.147. The zero-order chi connectivity index (χ0) is 29.4. The van der Waals surface area contributed by atoms with E-state index in [-0.39, 0.29) is 17.5 Å². The fraction of sp³-hybridized carbons (Fsp3) is 0.267. The van der Waals surface area contributed by atoms with Gasteiger partial charge in [0, 0.05) is 67.6 Å². The Labute approximate surface area is 241 Å². The van der Waals surface area contributed by atoms with E-state index in [1.165, 1.54) is 12.1 Å². The number of H-pyrrole nitrogens is 1. The summed E-state index contributed by atoms with van der Waals surface area (Å²) in [6, 6.07) is 17.1. The minimum atomic E-state index is -0.488. The molecule has 216 valence electrons. The highest BCUT2D eigenvalue weighted by atomic mass is 17.2. The van der Waals surface area contributed by atoms with Gasteiger partial charge in [-0.3, -0.25) is 19.8 Å². The van der Waals surface area contributed by atoms with Gasteiger partial charge in [0.05, 0.1) is 33.9 Å². The second-order valence-corrected chi connectivity index (χ2v) is 10.5. The first-order chi connectivity index (χ1) is 20.3. The van der Waals surface area contributed by atoms with E-state index in [4.69, 9.17) is 14.8 Å². The minimum Gasteiger partial charge on any atom is -0.494 e. The molecular formula is C30H30N6O6. The summed E-state index contributed by atoms with van der Waals surface area (Å²) in [4.78, 5) is 48.0. The molecule has 0 spiro atoms. The van der Waals surface area contributed by atoms with E-state index >= 15 is 0 Å². The number of aliphatic imine (C=N–C) groups is 1. The third-order valence-corrected chi connectivity index (χ3v) is 7.72. The molecule has 0 bridgehead atoms. The number of aromatic hydroxyl groups is 1. The lowest BCUT2D eigenvalue weighted by Crippen LogP contribution is -2.48. The van der Waals surface area contributed by atoms with Crippen LogP contribution in [0, 0.1) is 10.1 Å². The zero-order valence-corrected chi connectivity index (χ0v) is 23.2. The highest BCUT2D eigenvalue weighted by Crippen LogP contribution is 2.35. The van der Waals surface area contributed by atoms with Gasteiger partial charge >= 0.3 is 0 Å². The van der Waals surface area contributed by atoms with E-state index in [9.17, 15) is 20.0 Å². The summed E-state index contributed by atoms with van der Waals surface area (Å²) in [5, 5.41) is 22.9. The van der Waals surface area contributed by atoms with Crippen LogP contribution in [-0.2, 0) is 16.3 Å². The van der Waals surface area contributed by atoms with Crippen LogP contribution in [-0.4, -0.2) is 83.3 Å². The van der Waals surface area contributed by atoms with Gasteiger partial charge in [0.2, 0.25) is 5.91 Å². The molecule has 0 atom stereocenters. The highest BCUT2D eigenvalue weighted by Gasteiger charge is 2.24. The Balaban J connectivity index is 1.33. The van der Waals surface area contributed by atoms with Gasteiger partial charge in [-0.1, -0.05) is 12.1 Å². The average Bonchev–Trinajstić information content (AvgIpc) is 3.59. The first-order valence-corrected chi connectivity index (χ1v) is 13.6. The lowest BCUT2D eigenvalue weighted by molar-refractivity contribution is -0.384. The molecule has 0 radical (unpaired) electrons. The van der Waals surface area contributed by atoms with E-state index in [1.807, 2.05) is 24.3 Å². The molecule has 1 aromatic heterocycles. The number of hydrogen-bond acceptors (Lipinski definition) is 9. The molecule has 0 unspecified atom stereocenters. The number of fused-ring (bicyclic) bond motifs is 2. The van der Waals surface area contributed by atoms with Crippen molar-refractivity contribution in [1.82, 2.24) is 14.8 Å². The molecule has 12 nitrogen and oxygen atoms in total. The van der Waals surface area contributed by atoms with Crippen molar-refractivity contribution in [2.45, 2.75) is 6.61 Å². The second kappa shape index (κ2) is 11.2. The Morgan fingerprint density at radius 3 is 2.60 bits per heavy atom. The number of nitro groups is 1. The maximum absolute atomic E-state index is 13.0. The summed E-state index contributed by atoms with van der Waals surface area (Å²) in [7, 11) is 3.84. The number of benzene rings is 3. The Morgan fingerprint density at radius 1 is 1.10 bits per heavy atom. The van der Waals surface area contributed by atoms with Crippen molar-refractivity contribution in [3.63, 3.8) is 0 Å². The molecule has 1 amide bonds. The number of aromatic amines is 1. The number of anilines is 1. The third kappa shape index (κ3) is 5.42. The van der Waals surface area contributed by atoms with Gasteiger partial charge in [-0.05, 0) is 43.4 Å². The first-order valence-electron chi connectivity index (χ1n) is 13.6. The maximum Gasteiger partial charge on any atom is 0.271 e. The second-order valence-electron chi connectivity index (χ2n) is 10.5. The van der Waals surface area contributed by atoms with Crippen LogP contribution in [0.15, 0.2) is 65.7 Å². The number of amides is 1. The number of hydrogen-bond donors (Lipinski definition) is 2. The van der Waals surface area contributed by atoms with Crippen molar-refractivity contribution in [3.8, 4) is 11.6 Å². The molecule has 42 heavy (non-hydrogen) atoms. The number of carbonyl (C=O) groups excluding carboxylic acids is 1. The van der Waals surface area contributed by atoms with E-state index in [0.717, 1.165) is 37.4 Å². The molecule has 2 aliphatic heterocycles. The summed E-state index contributed by atoms with van der Waals surface area (Å²) < 4.78 is 0. The molecule has 4 aromatic rings. The van der Waals surface area contributed by atoms with Crippen LogP contribution in [0.5, 0.6) is 11.6 Å². The Kier molecular flexibility index (Phi) is 7.33. The van der Waals surface area contributed by atoms with Crippen LogP contribution in [0.1, 0.15) is 16.7 Å². The third-order valence-electron chi connectivity index (χ3n) is 7.72. The predicted octanol–water partition coefficient (Wildman–Crippen LogP) is 3.99. The van der Waals surface area contributed by atoms with E-state index in [0.29, 0.717) is 52.3 Å². The number of rotatable bonds is 7.